The van der Waals surface area contributed by atoms with Crippen molar-refractivity contribution in [3.8, 4) is 0 Å². The fourth-order valence-electron chi connectivity index (χ4n) is 1.28. The second-order valence-electron chi connectivity index (χ2n) is 3.50. The minimum absolute atomic E-state index is 0.122. The molecule has 0 saturated heterocycles. The molecule has 0 heterocycles. The Morgan fingerprint density at radius 2 is 1.89 bits per heavy atom. The molecule has 0 aliphatic carbocycles. The van der Waals surface area contributed by atoms with Crippen LogP contribution in [0, 0.1) is 0 Å². The molecule has 2 N–H and O–H groups in total. The molecule has 19 heavy (non-hydrogen) atoms. The van der Waals surface area contributed by atoms with E-state index in [9.17, 15) is 22.8 Å². The highest BCUT2D eigenvalue weighted by Gasteiger charge is 2.34. The van der Waals surface area contributed by atoms with Gasteiger partial charge in [0.15, 0.2) is 0 Å². The predicted octanol–water partition coefficient (Wildman–Crippen LogP) is 2.43. The number of amides is 2. The van der Waals surface area contributed by atoms with Crippen LogP contribution in [-0.2, 0) is 15.8 Å². The van der Waals surface area contributed by atoms with Crippen molar-refractivity contribution < 1.29 is 22.8 Å². The normalized spacial score (nSPS) is 11.0. The minimum atomic E-state index is -4.69. The van der Waals surface area contributed by atoms with Gasteiger partial charge in [0.1, 0.15) is 0 Å². The van der Waals surface area contributed by atoms with Crippen LogP contribution in [0.15, 0.2) is 18.2 Å². The zero-order chi connectivity index (χ0) is 14.6. The minimum Gasteiger partial charge on any atom is -0.348 e. The molecule has 8 heteroatoms. The molecule has 1 aromatic rings. The van der Waals surface area contributed by atoms with Crippen LogP contribution in [0.5, 0.6) is 0 Å². The number of hydrogen-bond acceptors (Lipinski definition) is 2. The second-order valence-corrected chi connectivity index (χ2v) is 3.94. The Bertz CT molecular complexity index is 503. The van der Waals surface area contributed by atoms with E-state index in [4.69, 9.17) is 11.6 Å². The van der Waals surface area contributed by atoms with Crippen LogP contribution in [0.25, 0.3) is 0 Å². The SMILES string of the molecule is CCNC(=O)C(=O)Nc1ccc(Cl)cc1C(F)(F)F. The fourth-order valence-corrected chi connectivity index (χ4v) is 1.45. The van der Waals surface area contributed by atoms with Crippen LogP contribution in [0.3, 0.4) is 0 Å². The molecule has 0 saturated carbocycles. The summed E-state index contributed by atoms with van der Waals surface area (Å²) in [5.41, 5.74) is -1.63. The van der Waals surface area contributed by atoms with E-state index < -0.39 is 29.2 Å². The molecule has 2 amide bonds. The van der Waals surface area contributed by atoms with Gasteiger partial charge in [-0.15, -0.1) is 0 Å². The number of carbonyl (C=O) groups is 2. The van der Waals surface area contributed by atoms with Gasteiger partial charge in [0.25, 0.3) is 0 Å². The summed E-state index contributed by atoms with van der Waals surface area (Å²) in [7, 11) is 0. The maximum atomic E-state index is 12.7. The van der Waals surface area contributed by atoms with Crippen LogP contribution in [0.4, 0.5) is 18.9 Å². The number of hydrogen-bond donors (Lipinski definition) is 2. The predicted molar refractivity (Wildman–Crippen MR) is 63.8 cm³/mol. The third kappa shape index (κ3) is 4.13. The van der Waals surface area contributed by atoms with Gasteiger partial charge in [-0.25, -0.2) is 0 Å². The Kier molecular flexibility index (Phi) is 4.77. The first-order valence-corrected chi connectivity index (χ1v) is 5.59. The molecule has 104 valence electrons. The van der Waals surface area contributed by atoms with Crippen molar-refractivity contribution in [3.05, 3.63) is 28.8 Å². The van der Waals surface area contributed by atoms with Gasteiger partial charge in [-0.05, 0) is 25.1 Å². The molecule has 0 unspecified atom stereocenters. The topological polar surface area (TPSA) is 58.2 Å². The van der Waals surface area contributed by atoms with E-state index in [-0.39, 0.29) is 11.6 Å². The van der Waals surface area contributed by atoms with Gasteiger partial charge in [-0.1, -0.05) is 11.6 Å². The highest BCUT2D eigenvalue weighted by atomic mass is 35.5. The van der Waals surface area contributed by atoms with Crippen LogP contribution in [0.2, 0.25) is 5.02 Å². The van der Waals surface area contributed by atoms with Gasteiger partial charge < -0.3 is 10.6 Å². The molecule has 0 bridgehead atoms. The maximum absolute atomic E-state index is 12.7. The smallest absolute Gasteiger partial charge is 0.348 e. The van der Waals surface area contributed by atoms with Gasteiger partial charge in [-0.2, -0.15) is 13.2 Å². The third-order valence-corrected chi connectivity index (χ3v) is 2.31. The highest BCUT2D eigenvalue weighted by Crippen LogP contribution is 2.36. The maximum Gasteiger partial charge on any atom is 0.418 e. The zero-order valence-electron chi connectivity index (χ0n) is 9.77. The lowest BCUT2D eigenvalue weighted by molar-refractivity contribution is -0.138. The van der Waals surface area contributed by atoms with Gasteiger partial charge in [0.2, 0.25) is 0 Å². The molecule has 0 atom stereocenters. The summed E-state index contributed by atoms with van der Waals surface area (Å²) in [5.74, 6) is -2.18. The van der Waals surface area contributed by atoms with Crippen molar-refractivity contribution in [1.29, 1.82) is 0 Å². The zero-order valence-corrected chi connectivity index (χ0v) is 10.5. The third-order valence-electron chi connectivity index (χ3n) is 2.08. The Balaban J connectivity index is 3.02. The summed E-state index contributed by atoms with van der Waals surface area (Å²) in [4.78, 5) is 22.5. The first-order chi connectivity index (χ1) is 8.75. The Morgan fingerprint density at radius 3 is 2.42 bits per heavy atom. The molecule has 0 radical (unpaired) electrons. The van der Waals surface area contributed by atoms with Gasteiger partial charge in [0.05, 0.1) is 11.3 Å². The van der Waals surface area contributed by atoms with Crippen molar-refractivity contribution in [3.63, 3.8) is 0 Å². The average Bonchev–Trinajstić information content (AvgIpc) is 2.30. The van der Waals surface area contributed by atoms with Crippen LogP contribution >= 0.6 is 11.6 Å². The molecule has 0 aliphatic heterocycles. The number of likely N-dealkylation sites (N-methyl/N-ethyl adjacent to an activating group) is 1. The van der Waals surface area contributed by atoms with E-state index in [2.05, 4.69) is 5.32 Å². The molecule has 1 rings (SSSR count). The van der Waals surface area contributed by atoms with Crippen LogP contribution < -0.4 is 10.6 Å². The standard InChI is InChI=1S/C11H10ClF3N2O2/c1-2-16-9(18)10(19)17-8-4-3-6(12)5-7(8)11(13,14)15/h3-5H,2H2,1H3,(H,16,18)(H,17,19). The molecule has 0 fully saturated rings. The van der Waals surface area contributed by atoms with Crippen LogP contribution in [-0.4, -0.2) is 18.4 Å². The van der Waals surface area contributed by atoms with Crippen molar-refractivity contribution in [2.75, 3.05) is 11.9 Å². The lowest BCUT2D eigenvalue weighted by Gasteiger charge is -2.13. The van der Waals surface area contributed by atoms with E-state index >= 15 is 0 Å². The largest absolute Gasteiger partial charge is 0.418 e. The molecular weight excluding hydrogens is 285 g/mol. The lowest BCUT2D eigenvalue weighted by atomic mass is 10.1. The molecule has 0 spiro atoms. The molecule has 4 nitrogen and oxygen atoms in total. The van der Waals surface area contributed by atoms with Gasteiger partial charge in [0, 0.05) is 11.6 Å². The number of nitrogens with one attached hydrogen (secondary N) is 2. The Morgan fingerprint density at radius 1 is 1.26 bits per heavy atom. The molecule has 0 aromatic heterocycles. The summed E-state index contributed by atoms with van der Waals surface area (Å²) in [5, 5.41) is 3.95. The lowest BCUT2D eigenvalue weighted by Crippen LogP contribution is -2.35. The van der Waals surface area contributed by atoms with Crippen molar-refractivity contribution in [2.24, 2.45) is 0 Å². The number of alkyl halides is 3. The van der Waals surface area contributed by atoms with E-state index in [0.29, 0.717) is 6.07 Å². The molecule has 1 aromatic carbocycles. The number of anilines is 1. The summed E-state index contributed by atoms with van der Waals surface area (Å²) < 4.78 is 38.2. The summed E-state index contributed by atoms with van der Waals surface area (Å²) >= 11 is 5.48. The van der Waals surface area contributed by atoms with E-state index in [1.54, 1.807) is 6.92 Å². The van der Waals surface area contributed by atoms with Crippen LogP contribution in [0.1, 0.15) is 12.5 Å². The Labute approximate surface area is 111 Å². The van der Waals surface area contributed by atoms with E-state index in [0.717, 1.165) is 6.07 Å². The first kappa shape index (κ1) is 15.3. The quantitative estimate of drug-likeness (QED) is 0.823. The number of rotatable bonds is 2. The fraction of sp³-hybridized carbons (Fsp3) is 0.273. The monoisotopic (exact) mass is 294 g/mol. The summed E-state index contributed by atoms with van der Waals surface area (Å²) in [6.07, 6.45) is -4.69. The Hall–Kier alpha value is -1.76. The van der Waals surface area contributed by atoms with E-state index in [1.165, 1.54) is 6.07 Å². The van der Waals surface area contributed by atoms with Gasteiger partial charge >= 0.3 is 18.0 Å². The number of benzene rings is 1. The highest BCUT2D eigenvalue weighted by molar-refractivity contribution is 6.39. The number of carbonyl (C=O) groups excluding carboxylic acids is 2. The summed E-state index contributed by atoms with van der Waals surface area (Å²) in [6, 6.07) is 2.85. The van der Waals surface area contributed by atoms with Gasteiger partial charge in [-0.3, -0.25) is 9.59 Å². The van der Waals surface area contributed by atoms with Crippen molar-refractivity contribution in [2.45, 2.75) is 13.1 Å². The summed E-state index contributed by atoms with van der Waals surface area (Å²) in [6.45, 7) is 1.77. The second kappa shape index (κ2) is 5.92. The average molecular weight is 295 g/mol. The van der Waals surface area contributed by atoms with Crippen molar-refractivity contribution in [1.82, 2.24) is 5.32 Å². The van der Waals surface area contributed by atoms with E-state index in [1.807, 2.05) is 5.32 Å². The molecule has 0 aliphatic rings. The molecular formula is C11H10ClF3N2O2. The first-order valence-electron chi connectivity index (χ1n) is 5.21. The number of halogens is 4. The van der Waals surface area contributed by atoms with Crippen molar-refractivity contribution >= 4 is 29.1 Å².